The first-order valence-electron chi connectivity index (χ1n) is 7.97. The van der Waals surface area contributed by atoms with Gasteiger partial charge in [-0.3, -0.25) is 14.6 Å². The second-order valence-electron chi connectivity index (χ2n) is 5.77. The third kappa shape index (κ3) is 3.21. The van der Waals surface area contributed by atoms with Crippen molar-refractivity contribution < 1.29 is 23.8 Å². The van der Waals surface area contributed by atoms with Crippen molar-refractivity contribution >= 4 is 17.4 Å². The third-order valence-electron chi connectivity index (χ3n) is 4.22. The van der Waals surface area contributed by atoms with Crippen LogP contribution in [0.15, 0.2) is 54.4 Å². The Morgan fingerprint density at radius 2 is 1.85 bits per heavy atom. The SMILES string of the molecule is COCCN1C(=O)C(=O)/C(=C(\O)c2ccncc2)C1c1ccc(F)cc1. The summed E-state index contributed by atoms with van der Waals surface area (Å²) in [5.74, 6) is -2.24. The van der Waals surface area contributed by atoms with Gasteiger partial charge < -0.3 is 14.7 Å². The third-order valence-corrected chi connectivity index (χ3v) is 4.22. The molecule has 1 aliphatic rings. The Hall–Kier alpha value is -3.06. The average Bonchev–Trinajstić information content (AvgIpc) is 2.91. The van der Waals surface area contributed by atoms with Crippen LogP contribution in [0.3, 0.4) is 0 Å². The summed E-state index contributed by atoms with van der Waals surface area (Å²) >= 11 is 0. The lowest BCUT2D eigenvalue weighted by Crippen LogP contribution is -2.32. The fraction of sp³-hybridized carbons (Fsp3) is 0.211. The van der Waals surface area contributed by atoms with E-state index in [4.69, 9.17) is 4.74 Å². The standard InChI is InChI=1S/C19H17FN2O4/c1-26-11-10-22-16(12-2-4-14(20)5-3-12)15(18(24)19(22)25)17(23)13-6-8-21-9-7-13/h2-9,16,23H,10-11H2,1H3/b17-15-. The molecular weight excluding hydrogens is 339 g/mol. The van der Waals surface area contributed by atoms with Crippen molar-refractivity contribution in [2.45, 2.75) is 6.04 Å². The van der Waals surface area contributed by atoms with Gasteiger partial charge >= 0.3 is 0 Å². The molecule has 2 heterocycles. The van der Waals surface area contributed by atoms with E-state index in [-0.39, 0.29) is 24.5 Å². The van der Waals surface area contributed by atoms with E-state index in [2.05, 4.69) is 4.98 Å². The molecule has 3 rings (SSSR count). The summed E-state index contributed by atoms with van der Waals surface area (Å²) < 4.78 is 18.3. The molecule has 1 aromatic heterocycles. The zero-order valence-electron chi connectivity index (χ0n) is 14.1. The van der Waals surface area contributed by atoms with Crippen molar-refractivity contribution in [2.24, 2.45) is 0 Å². The van der Waals surface area contributed by atoms with Gasteiger partial charge in [0.1, 0.15) is 11.6 Å². The lowest BCUT2D eigenvalue weighted by molar-refractivity contribution is -0.140. The van der Waals surface area contributed by atoms with Crippen molar-refractivity contribution in [3.63, 3.8) is 0 Å². The number of aliphatic hydroxyl groups is 1. The number of hydrogen-bond acceptors (Lipinski definition) is 5. The second-order valence-corrected chi connectivity index (χ2v) is 5.77. The first kappa shape index (κ1) is 17.8. The molecule has 1 atom stereocenters. The van der Waals surface area contributed by atoms with Gasteiger partial charge in [0.05, 0.1) is 18.2 Å². The molecule has 1 unspecified atom stereocenters. The quantitative estimate of drug-likeness (QED) is 0.505. The van der Waals surface area contributed by atoms with Gasteiger partial charge in [-0.2, -0.15) is 0 Å². The van der Waals surface area contributed by atoms with E-state index in [1.807, 2.05) is 0 Å². The number of likely N-dealkylation sites (tertiary alicyclic amines) is 1. The summed E-state index contributed by atoms with van der Waals surface area (Å²) in [5.41, 5.74) is 0.859. The highest BCUT2D eigenvalue weighted by molar-refractivity contribution is 6.46. The predicted octanol–water partition coefficient (Wildman–Crippen LogP) is 2.29. The summed E-state index contributed by atoms with van der Waals surface area (Å²) in [5, 5.41) is 10.7. The smallest absolute Gasteiger partial charge is 0.295 e. The van der Waals surface area contributed by atoms with Gasteiger partial charge in [0.25, 0.3) is 11.7 Å². The fourth-order valence-corrected chi connectivity index (χ4v) is 2.96. The van der Waals surface area contributed by atoms with Crippen LogP contribution in [0, 0.1) is 5.82 Å². The molecule has 0 bridgehead atoms. The Kier molecular flexibility index (Phi) is 5.09. The van der Waals surface area contributed by atoms with Crippen molar-refractivity contribution in [3.05, 3.63) is 71.3 Å². The summed E-state index contributed by atoms with van der Waals surface area (Å²) in [4.78, 5) is 30.3. The number of nitrogens with zero attached hydrogens (tertiary/aromatic N) is 2. The number of Topliss-reactive ketones (excluding diaryl/α,β-unsaturated/α-hetero) is 1. The van der Waals surface area contributed by atoms with E-state index < -0.39 is 23.5 Å². The van der Waals surface area contributed by atoms with Gasteiger partial charge in [-0.1, -0.05) is 12.1 Å². The number of halogens is 1. The van der Waals surface area contributed by atoms with Gasteiger partial charge in [-0.15, -0.1) is 0 Å². The van der Waals surface area contributed by atoms with Crippen LogP contribution in [0.4, 0.5) is 4.39 Å². The van der Waals surface area contributed by atoms with Gasteiger partial charge in [0, 0.05) is 31.6 Å². The van der Waals surface area contributed by atoms with E-state index in [9.17, 15) is 19.1 Å². The number of aromatic nitrogens is 1. The highest BCUT2D eigenvalue weighted by Crippen LogP contribution is 2.39. The van der Waals surface area contributed by atoms with Gasteiger partial charge in [-0.05, 0) is 29.8 Å². The molecule has 1 amide bonds. The Labute approximate surface area is 149 Å². The zero-order chi connectivity index (χ0) is 18.7. The molecule has 0 radical (unpaired) electrons. The molecular formula is C19H17FN2O4. The topological polar surface area (TPSA) is 79.7 Å². The number of benzene rings is 1. The van der Waals surface area contributed by atoms with E-state index in [0.717, 1.165) is 0 Å². The number of hydrogen-bond donors (Lipinski definition) is 1. The Morgan fingerprint density at radius 3 is 2.46 bits per heavy atom. The highest BCUT2D eigenvalue weighted by Gasteiger charge is 2.45. The van der Waals surface area contributed by atoms with Gasteiger partial charge in [0.2, 0.25) is 0 Å². The first-order chi connectivity index (χ1) is 12.5. The summed E-state index contributed by atoms with van der Waals surface area (Å²) in [6.07, 6.45) is 2.95. The van der Waals surface area contributed by atoms with Crippen LogP contribution in [0.25, 0.3) is 5.76 Å². The summed E-state index contributed by atoms with van der Waals surface area (Å²) in [6.45, 7) is 0.385. The van der Waals surface area contributed by atoms with Crippen LogP contribution < -0.4 is 0 Å². The maximum absolute atomic E-state index is 13.3. The monoisotopic (exact) mass is 356 g/mol. The minimum Gasteiger partial charge on any atom is -0.507 e. The first-order valence-corrected chi connectivity index (χ1v) is 7.97. The molecule has 7 heteroatoms. The van der Waals surface area contributed by atoms with Crippen molar-refractivity contribution in [2.75, 3.05) is 20.3 Å². The lowest BCUT2D eigenvalue weighted by Gasteiger charge is -2.25. The second kappa shape index (κ2) is 7.45. The Balaban J connectivity index is 2.15. The number of ketones is 1. The van der Waals surface area contributed by atoms with Crippen LogP contribution in [0.2, 0.25) is 0 Å². The molecule has 1 aromatic carbocycles. The maximum Gasteiger partial charge on any atom is 0.295 e. The molecule has 0 spiro atoms. The van der Waals surface area contributed by atoms with Crippen LogP contribution in [-0.4, -0.2) is 46.9 Å². The van der Waals surface area contributed by atoms with E-state index >= 15 is 0 Å². The zero-order valence-corrected chi connectivity index (χ0v) is 14.1. The molecule has 0 saturated carbocycles. The van der Waals surface area contributed by atoms with Crippen LogP contribution in [0.5, 0.6) is 0 Å². The van der Waals surface area contributed by atoms with Crippen molar-refractivity contribution in [1.82, 2.24) is 9.88 Å². The molecule has 1 aliphatic heterocycles. The van der Waals surface area contributed by atoms with E-state index in [0.29, 0.717) is 11.1 Å². The molecule has 1 saturated heterocycles. The number of methoxy groups -OCH3 is 1. The Bertz CT molecular complexity index is 850. The predicted molar refractivity (Wildman–Crippen MR) is 91.5 cm³/mol. The number of pyridine rings is 1. The van der Waals surface area contributed by atoms with Gasteiger partial charge in [-0.25, -0.2) is 4.39 Å². The minimum absolute atomic E-state index is 0.0380. The summed E-state index contributed by atoms with van der Waals surface area (Å²) in [6, 6.07) is 7.74. The Morgan fingerprint density at radius 1 is 1.19 bits per heavy atom. The number of carbonyl (C=O) groups excluding carboxylic acids is 2. The fourth-order valence-electron chi connectivity index (χ4n) is 2.96. The molecule has 1 N–H and O–H groups in total. The number of amides is 1. The molecule has 1 fully saturated rings. The number of ether oxygens (including phenoxy) is 1. The van der Waals surface area contributed by atoms with E-state index in [1.165, 1.54) is 48.7 Å². The molecule has 0 aliphatic carbocycles. The van der Waals surface area contributed by atoms with Crippen LogP contribution in [0.1, 0.15) is 17.2 Å². The molecule has 6 nitrogen and oxygen atoms in total. The number of aliphatic hydroxyl groups excluding tert-OH is 1. The molecule has 134 valence electrons. The number of rotatable bonds is 5. The van der Waals surface area contributed by atoms with Crippen LogP contribution in [-0.2, 0) is 14.3 Å². The molecule has 2 aromatic rings. The van der Waals surface area contributed by atoms with Crippen molar-refractivity contribution in [3.8, 4) is 0 Å². The van der Waals surface area contributed by atoms with Gasteiger partial charge in [0.15, 0.2) is 0 Å². The average molecular weight is 356 g/mol. The lowest BCUT2D eigenvalue weighted by atomic mass is 9.95. The maximum atomic E-state index is 13.3. The van der Waals surface area contributed by atoms with E-state index in [1.54, 1.807) is 12.1 Å². The van der Waals surface area contributed by atoms with Crippen molar-refractivity contribution in [1.29, 1.82) is 0 Å². The minimum atomic E-state index is -0.820. The largest absolute Gasteiger partial charge is 0.507 e. The number of carbonyl (C=O) groups is 2. The molecule has 26 heavy (non-hydrogen) atoms. The van der Waals surface area contributed by atoms with Crippen LogP contribution >= 0.6 is 0 Å². The highest BCUT2D eigenvalue weighted by atomic mass is 19.1. The summed E-state index contributed by atoms with van der Waals surface area (Å²) in [7, 11) is 1.49. The normalized spacial score (nSPS) is 19.2.